The van der Waals surface area contributed by atoms with Crippen LogP contribution in [-0.4, -0.2) is 32.5 Å². The van der Waals surface area contributed by atoms with Gasteiger partial charge in [-0.05, 0) is 31.1 Å². The van der Waals surface area contributed by atoms with Crippen LogP contribution in [0.3, 0.4) is 0 Å². The highest BCUT2D eigenvalue weighted by atomic mass is 32.2. The molecule has 1 N–H and O–H groups in total. The minimum atomic E-state index is -2.72. The Morgan fingerprint density at radius 2 is 2.13 bits per heavy atom. The molecule has 2 rings (SSSR count). The largest absolute Gasteiger partial charge is 0.312 e. The molecule has 4 heteroatoms. The van der Waals surface area contributed by atoms with E-state index in [4.69, 9.17) is 0 Å². The van der Waals surface area contributed by atoms with Gasteiger partial charge in [0.05, 0.1) is 11.5 Å². The third-order valence-electron chi connectivity index (χ3n) is 4.16. The van der Waals surface area contributed by atoms with E-state index in [1.807, 2.05) is 0 Å². The summed E-state index contributed by atoms with van der Waals surface area (Å²) in [7, 11) is -2.72. The highest BCUT2D eigenvalue weighted by Crippen LogP contribution is 2.43. The van der Waals surface area contributed by atoms with Crippen molar-refractivity contribution in [2.24, 2.45) is 5.41 Å². The number of hydrogen-bond acceptors (Lipinski definition) is 3. The van der Waals surface area contributed by atoms with Gasteiger partial charge in [0.15, 0.2) is 9.84 Å². The summed E-state index contributed by atoms with van der Waals surface area (Å²) in [5, 5.41) is 3.45. The molecule has 0 radical (unpaired) electrons. The number of nitrogens with one attached hydrogen (secondary N) is 1. The van der Waals surface area contributed by atoms with Crippen LogP contribution in [0.4, 0.5) is 0 Å². The van der Waals surface area contributed by atoms with Gasteiger partial charge < -0.3 is 5.32 Å². The van der Waals surface area contributed by atoms with Crippen molar-refractivity contribution in [3.63, 3.8) is 0 Å². The van der Waals surface area contributed by atoms with Crippen molar-refractivity contribution in [3.8, 4) is 0 Å². The van der Waals surface area contributed by atoms with Gasteiger partial charge in [-0.2, -0.15) is 0 Å². The van der Waals surface area contributed by atoms with Crippen molar-refractivity contribution >= 4 is 9.84 Å². The molecule has 2 fully saturated rings. The molecule has 0 amide bonds. The monoisotopic (exact) mass is 231 g/mol. The molecule has 3 nitrogen and oxygen atoms in total. The van der Waals surface area contributed by atoms with Crippen LogP contribution in [-0.2, 0) is 9.84 Å². The molecule has 1 saturated carbocycles. The fourth-order valence-electron chi connectivity index (χ4n) is 2.65. The van der Waals surface area contributed by atoms with Gasteiger partial charge in [0, 0.05) is 12.6 Å². The first-order chi connectivity index (χ1) is 7.05. The minimum absolute atomic E-state index is 0.221. The first-order valence-corrected chi connectivity index (χ1v) is 7.81. The van der Waals surface area contributed by atoms with Gasteiger partial charge in [0.2, 0.25) is 0 Å². The normalized spacial score (nSPS) is 32.5. The van der Waals surface area contributed by atoms with Crippen LogP contribution < -0.4 is 5.32 Å². The van der Waals surface area contributed by atoms with Crippen molar-refractivity contribution in [2.75, 3.05) is 18.1 Å². The average Bonchev–Trinajstić information content (AvgIpc) is 2.45. The molecule has 1 heterocycles. The Bertz CT molecular complexity index is 314. The molecule has 1 aliphatic heterocycles. The smallest absolute Gasteiger partial charge is 0.151 e. The summed E-state index contributed by atoms with van der Waals surface area (Å²) in [5.41, 5.74) is 0.492. The van der Waals surface area contributed by atoms with E-state index in [0.29, 0.717) is 16.9 Å². The highest BCUT2D eigenvalue weighted by Gasteiger charge is 2.36. The molecule has 0 aromatic rings. The Kier molecular flexibility index (Phi) is 3.08. The van der Waals surface area contributed by atoms with E-state index in [-0.39, 0.29) is 6.04 Å². The SMILES string of the molecule is CCC1(CNC2CCS(=O)(=O)C2)CCC1. The maximum atomic E-state index is 11.3. The van der Waals surface area contributed by atoms with Crippen LogP contribution in [0.25, 0.3) is 0 Å². The summed E-state index contributed by atoms with van der Waals surface area (Å²) in [6.45, 7) is 3.26. The van der Waals surface area contributed by atoms with Gasteiger partial charge in [-0.25, -0.2) is 8.42 Å². The van der Waals surface area contributed by atoms with Crippen LogP contribution >= 0.6 is 0 Å². The Morgan fingerprint density at radius 1 is 1.40 bits per heavy atom. The lowest BCUT2D eigenvalue weighted by Crippen LogP contribution is -2.43. The van der Waals surface area contributed by atoms with Crippen molar-refractivity contribution in [2.45, 2.75) is 45.1 Å². The molecule has 0 aromatic carbocycles. The van der Waals surface area contributed by atoms with Crippen molar-refractivity contribution < 1.29 is 8.42 Å². The van der Waals surface area contributed by atoms with E-state index in [0.717, 1.165) is 13.0 Å². The van der Waals surface area contributed by atoms with E-state index >= 15 is 0 Å². The summed E-state index contributed by atoms with van der Waals surface area (Å²) in [6, 6.07) is 0.221. The summed E-state index contributed by atoms with van der Waals surface area (Å²) in [4.78, 5) is 0. The summed E-state index contributed by atoms with van der Waals surface area (Å²) in [6.07, 6.45) is 6.01. The lowest BCUT2D eigenvalue weighted by Gasteiger charge is -2.42. The van der Waals surface area contributed by atoms with E-state index in [9.17, 15) is 8.42 Å². The molecule has 1 unspecified atom stereocenters. The predicted octanol–water partition coefficient (Wildman–Crippen LogP) is 1.34. The first kappa shape index (κ1) is 11.4. The van der Waals surface area contributed by atoms with Crippen LogP contribution in [0.2, 0.25) is 0 Å². The highest BCUT2D eigenvalue weighted by molar-refractivity contribution is 7.91. The van der Waals surface area contributed by atoms with E-state index < -0.39 is 9.84 Å². The molecule has 15 heavy (non-hydrogen) atoms. The van der Waals surface area contributed by atoms with Crippen LogP contribution in [0.1, 0.15) is 39.0 Å². The van der Waals surface area contributed by atoms with E-state index in [1.54, 1.807) is 0 Å². The zero-order valence-corrected chi connectivity index (χ0v) is 10.3. The summed E-state index contributed by atoms with van der Waals surface area (Å²) >= 11 is 0. The molecule has 88 valence electrons. The molecular formula is C11H21NO2S. The molecule has 1 saturated heterocycles. The molecule has 0 spiro atoms. The minimum Gasteiger partial charge on any atom is -0.312 e. The van der Waals surface area contributed by atoms with Crippen LogP contribution in [0.5, 0.6) is 0 Å². The zero-order chi connectivity index (χ0) is 10.9. The number of sulfone groups is 1. The van der Waals surface area contributed by atoms with Gasteiger partial charge in [-0.3, -0.25) is 0 Å². The lowest BCUT2D eigenvalue weighted by atomic mass is 9.67. The van der Waals surface area contributed by atoms with Crippen molar-refractivity contribution in [1.82, 2.24) is 5.32 Å². The quantitative estimate of drug-likeness (QED) is 0.794. The van der Waals surface area contributed by atoms with E-state index in [1.165, 1.54) is 25.7 Å². The Labute approximate surface area is 92.6 Å². The molecule has 1 aliphatic carbocycles. The van der Waals surface area contributed by atoms with Crippen LogP contribution in [0, 0.1) is 5.41 Å². The van der Waals surface area contributed by atoms with Gasteiger partial charge in [-0.1, -0.05) is 13.3 Å². The fourth-order valence-corrected chi connectivity index (χ4v) is 4.36. The zero-order valence-electron chi connectivity index (χ0n) is 9.46. The van der Waals surface area contributed by atoms with Gasteiger partial charge >= 0.3 is 0 Å². The maximum Gasteiger partial charge on any atom is 0.151 e. The molecule has 0 bridgehead atoms. The van der Waals surface area contributed by atoms with Crippen molar-refractivity contribution in [3.05, 3.63) is 0 Å². The van der Waals surface area contributed by atoms with E-state index in [2.05, 4.69) is 12.2 Å². The average molecular weight is 231 g/mol. The Morgan fingerprint density at radius 3 is 2.53 bits per heavy atom. The third kappa shape index (κ3) is 2.53. The number of hydrogen-bond donors (Lipinski definition) is 1. The van der Waals surface area contributed by atoms with Crippen LogP contribution in [0.15, 0.2) is 0 Å². The second-order valence-corrected chi connectivity index (χ2v) is 7.42. The first-order valence-electron chi connectivity index (χ1n) is 5.99. The maximum absolute atomic E-state index is 11.3. The van der Waals surface area contributed by atoms with Gasteiger partial charge in [0.25, 0.3) is 0 Å². The molecule has 0 aromatic heterocycles. The Hall–Kier alpha value is -0.0900. The fraction of sp³-hybridized carbons (Fsp3) is 1.00. The molecule has 1 atom stereocenters. The molecular weight excluding hydrogens is 210 g/mol. The van der Waals surface area contributed by atoms with Gasteiger partial charge in [-0.15, -0.1) is 0 Å². The standard InChI is InChI=1S/C11H21NO2S/c1-2-11(5-3-6-11)9-12-10-4-7-15(13,14)8-10/h10,12H,2-9H2,1H3. The predicted molar refractivity (Wildman–Crippen MR) is 61.6 cm³/mol. The lowest BCUT2D eigenvalue weighted by molar-refractivity contribution is 0.120. The number of rotatable bonds is 4. The second-order valence-electron chi connectivity index (χ2n) is 5.19. The third-order valence-corrected chi connectivity index (χ3v) is 5.93. The second kappa shape index (κ2) is 4.06. The van der Waals surface area contributed by atoms with Gasteiger partial charge in [0.1, 0.15) is 0 Å². The molecule has 2 aliphatic rings. The topological polar surface area (TPSA) is 46.2 Å². The van der Waals surface area contributed by atoms with Crippen molar-refractivity contribution in [1.29, 1.82) is 0 Å². The Balaban J connectivity index is 1.79. The summed E-state index contributed by atoms with van der Waals surface area (Å²) < 4.78 is 22.6. The summed E-state index contributed by atoms with van der Waals surface area (Å²) in [5.74, 6) is 0.733.